The van der Waals surface area contributed by atoms with Crippen molar-refractivity contribution in [3.8, 4) is 0 Å². The van der Waals surface area contributed by atoms with Crippen molar-refractivity contribution in [1.82, 2.24) is 0 Å². The molecule has 0 saturated carbocycles. The highest BCUT2D eigenvalue weighted by atomic mass is 19.1. The van der Waals surface area contributed by atoms with Crippen molar-refractivity contribution < 1.29 is 4.39 Å². The van der Waals surface area contributed by atoms with Crippen molar-refractivity contribution in [3.05, 3.63) is 30.1 Å². The van der Waals surface area contributed by atoms with Gasteiger partial charge in [0.25, 0.3) is 0 Å². The molecule has 0 bridgehead atoms. The molecule has 0 unspecified atom stereocenters. The first-order chi connectivity index (χ1) is 5.83. The molecule has 2 radical (unpaired) electrons. The largest absolute Gasteiger partial charge is 0.297 e. The molecule has 0 heterocycles. The van der Waals surface area contributed by atoms with E-state index in [9.17, 15) is 4.39 Å². The fourth-order valence-corrected chi connectivity index (χ4v) is 1.07. The summed E-state index contributed by atoms with van der Waals surface area (Å²) in [7, 11) is 2.14. The van der Waals surface area contributed by atoms with Crippen LogP contribution in [0.4, 0.5) is 4.39 Å². The van der Waals surface area contributed by atoms with Crippen molar-refractivity contribution >= 4 is 12.7 Å². The minimum absolute atomic E-state index is 0.164. The normalized spacial score (nSPS) is 10.2. The number of hydrogen-bond donors (Lipinski definition) is 0. The summed E-state index contributed by atoms with van der Waals surface area (Å²) in [6.45, 7) is 2.17. The first kappa shape index (κ1) is 9.30. The van der Waals surface area contributed by atoms with Gasteiger partial charge in [0.2, 0.25) is 0 Å². The van der Waals surface area contributed by atoms with Crippen molar-refractivity contribution in [1.29, 1.82) is 0 Å². The van der Waals surface area contributed by atoms with Gasteiger partial charge in [0.05, 0.1) is 0 Å². The molecule has 1 rings (SSSR count). The Morgan fingerprint density at radius 1 is 1.25 bits per heavy atom. The van der Waals surface area contributed by atoms with Crippen molar-refractivity contribution in [3.63, 3.8) is 0 Å². The molecule has 0 aliphatic rings. The molecule has 1 aromatic carbocycles. The molecular weight excluding hydrogens is 150 g/mol. The minimum Gasteiger partial charge on any atom is -0.297 e. The predicted octanol–water partition coefficient (Wildman–Crippen LogP) is 2.37. The van der Waals surface area contributed by atoms with Gasteiger partial charge in [-0.3, -0.25) is 12.7 Å². The van der Waals surface area contributed by atoms with Crippen LogP contribution in [-0.2, 0) is 0 Å². The van der Waals surface area contributed by atoms with Crippen LogP contribution in [0.3, 0.4) is 0 Å². The lowest BCUT2D eigenvalue weighted by Gasteiger charge is -2.14. The molecule has 0 saturated heterocycles. The van der Waals surface area contributed by atoms with E-state index in [1.54, 1.807) is 0 Å². The van der Waals surface area contributed by atoms with E-state index < -0.39 is 0 Å². The van der Waals surface area contributed by atoms with Crippen LogP contribution in [-0.4, -0.2) is 7.28 Å². The molecule has 0 amide bonds. The molecule has 0 aliphatic carbocycles. The maximum absolute atomic E-state index is 12.5. The van der Waals surface area contributed by atoms with Crippen LogP contribution in [0, 0.1) is 5.82 Å². The van der Waals surface area contributed by atoms with E-state index in [2.05, 4.69) is 14.2 Å². The highest BCUT2D eigenvalue weighted by Crippen LogP contribution is 1.96. The molecule has 0 atom stereocenters. The third-order valence-corrected chi connectivity index (χ3v) is 1.81. The zero-order chi connectivity index (χ0) is 8.81. The lowest BCUT2D eigenvalue weighted by Crippen LogP contribution is -2.12. The van der Waals surface area contributed by atoms with E-state index in [-0.39, 0.29) is 5.82 Å². The second kappa shape index (κ2) is 4.97. The summed E-state index contributed by atoms with van der Waals surface area (Å²) in [5.74, 6) is -0.164. The monoisotopic (exact) mass is 163 g/mol. The maximum atomic E-state index is 12.5. The van der Waals surface area contributed by atoms with E-state index >= 15 is 0 Å². The van der Waals surface area contributed by atoms with Gasteiger partial charge in [-0.1, -0.05) is 19.8 Å². The first-order valence-electron chi connectivity index (χ1n) is 4.41. The van der Waals surface area contributed by atoms with Gasteiger partial charge in [-0.2, -0.15) is 0 Å². The Balaban J connectivity index is 2.37. The predicted molar refractivity (Wildman–Crippen MR) is 51.5 cm³/mol. The van der Waals surface area contributed by atoms with Crippen LogP contribution in [0.15, 0.2) is 24.3 Å². The highest BCUT2D eigenvalue weighted by Gasteiger charge is 1.83. The Bertz CT molecular complexity index is 218. The van der Waals surface area contributed by atoms with Gasteiger partial charge in [-0.25, -0.2) is 10.7 Å². The fourth-order valence-electron chi connectivity index (χ4n) is 1.07. The SMILES string of the molecule is CCCC[B-]c1ccc(F)cc1. The van der Waals surface area contributed by atoms with E-state index in [0.717, 1.165) is 11.8 Å². The van der Waals surface area contributed by atoms with Gasteiger partial charge in [0, 0.05) is 0 Å². The zero-order valence-electron chi connectivity index (χ0n) is 7.39. The molecule has 0 aliphatic heterocycles. The van der Waals surface area contributed by atoms with Crippen LogP contribution >= 0.6 is 0 Å². The first-order valence-corrected chi connectivity index (χ1v) is 4.41. The Kier molecular flexibility index (Phi) is 3.85. The molecule has 64 valence electrons. The van der Waals surface area contributed by atoms with Gasteiger partial charge in [-0.15, -0.1) is 12.1 Å². The Labute approximate surface area is 74.0 Å². The molecule has 1 aromatic rings. The number of benzene rings is 1. The minimum atomic E-state index is -0.164. The average Bonchev–Trinajstić information content (AvgIpc) is 2.09. The third kappa shape index (κ3) is 3.08. The highest BCUT2D eigenvalue weighted by molar-refractivity contribution is 6.53. The quantitative estimate of drug-likeness (QED) is 0.472. The third-order valence-electron chi connectivity index (χ3n) is 1.81. The summed E-state index contributed by atoms with van der Waals surface area (Å²) in [6, 6.07) is 6.62. The van der Waals surface area contributed by atoms with Crippen LogP contribution in [0.1, 0.15) is 19.8 Å². The summed E-state index contributed by atoms with van der Waals surface area (Å²) >= 11 is 0. The molecule has 2 heteroatoms. The standard InChI is InChI=1S/C10H13BF/c1-2-3-8-11-9-4-6-10(12)7-5-9/h4-7H,2-3,8H2,1H3/q-1. The second-order valence-corrected chi connectivity index (χ2v) is 2.90. The van der Waals surface area contributed by atoms with E-state index in [1.165, 1.54) is 25.0 Å². The lowest BCUT2D eigenvalue weighted by atomic mass is 9.66. The van der Waals surface area contributed by atoms with Gasteiger partial charge >= 0.3 is 0 Å². The molecular formula is C10H13BF-. The average molecular weight is 163 g/mol. The number of hydrogen-bond acceptors (Lipinski definition) is 0. The van der Waals surface area contributed by atoms with Crippen LogP contribution < -0.4 is 5.46 Å². The lowest BCUT2D eigenvalue weighted by molar-refractivity contribution is 0.628. The summed E-state index contributed by atoms with van der Waals surface area (Å²) in [5.41, 5.74) is 1.12. The fraction of sp³-hybridized carbons (Fsp3) is 0.400. The summed E-state index contributed by atoms with van der Waals surface area (Å²) in [6.07, 6.45) is 3.50. The number of rotatable bonds is 4. The van der Waals surface area contributed by atoms with E-state index in [4.69, 9.17) is 0 Å². The van der Waals surface area contributed by atoms with E-state index in [1.807, 2.05) is 12.1 Å². The van der Waals surface area contributed by atoms with Crippen molar-refractivity contribution in [2.24, 2.45) is 0 Å². The topological polar surface area (TPSA) is 0 Å². The summed E-state index contributed by atoms with van der Waals surface area (Å²) in [4.78, 5) is 0. The van der Waals surface area contributed by atoms with Crippen molar-refractivity contribution in [2.45, 2.75) is 26.1 Å². The van der Waals surface area contributed by atoms with Crippen LogP contribution in [0.25, 0.3) is 0 Å². The summed E-state index contributed by atoms with van der Waals surface area (Å²) < 4.78 is 12.5. The Morgan fingerprint density at radius 2 is 1.92 bits per heavy atom. The molecule has 0 N–H and O–H groups in total. The van der Waals surface area contributed by atoms with Gasteiger partial charge in [0.1, 0.15) is 5.82 Å². The van der Waals surface area contributed by atoms with E-state index in [0.29, 0.717) is 0 Å². The molecule has 0 fully saturated rings. The number of halogens is 1. The second-order valence-electron chi connectivity index (χ2n) is 2.90. The maximum Gasteiger partial charge on any atom is 0.122 e. The van der Waals surface area contributed by atoms with Gasteiger partial charge in [-0.05, 0) is 12.1 Å². The molecule has 0 aromatic heterocycles. The zero-order valence-corrected chi connectivity index (χ0v) is 7.39. The summed E-state index contributed by atoms with van der Waals surface area (Å²) in [5, 5.41) is 0. The van der Waals surface area contributed by atoms with Crippen LogP contribution in [0.5, 0.6) is 0 Å². The van der Waals surface area contributed by atoms with Gasteiger partial charge in [0.15, 0.2) is 0 Å². The Hall–Kier alpha value is -0.785. The molecule has 12 heavy (non-hydrogen) atoms. The van der Waals surface area contributed by atoms with Gasteiger partial charge < -0.3 is 0 Å². The molecule has 0 nitrogen and oxygen atoms in total. The Morgan fingerprint density at radius 3 is 2.50 bits per heavy atom. The van der Waals surface area contributed by atoms with Crippen LogP contribution in [0.2, 0.25) is 6.32 Å². The molecule has 0 spiro atoms. The van der Waals surface area contributed by atoms with Crippen molar-refractivity contribution in [2.75, 3.05) is 0 Å². The smallest absolute Gasteiger partial charge is 0.122 e. The number of unbranched alkanes of at least 4 members (excludes halogenated alkanes) is 1.